The SMILES string of the molecule is N#Cc1ccc(CSc2nnc(-c3ccco3)o2)cc1. The summed E-state index contributed by atoms with van der Waals surface area (Å²) in [7, 11) is 0. The summed E-state index contributed by atoms with van der Waals surface area (Å²) < 4.78 is 10.7. The molecule has 0 amide bonds. The number of benzene rings is 1. The van der Waals surface area contributed by atoms with Gasteiger partial charge in [0.25, 0.3) is 11.1 Å². The normalized spacial score (nSPS) is 10.3. The van der Waals surface area contributed by atoms with Crippen LogP contribution in [-0.4, -0.2) is 10.2 Å². The number of nitrogens with zero attached hydrogens (tertiary/aromatic N) is 3. The Bertz CT molecular complexity index is 727. The molecular weight excluding hydrogens is 274 g/mol. The molecule has 2 aromatic heterocycles. The maximum atomic E-state index is 8.73. The lowest BCUT2D eigenvalue weighted by Gasteiger charge is -1.97. The Morgan fingerprint density at radius 3 is 2.70 bits per heavy atom. The Kier molecular flexibility index (Phi) is 3.52. The van der Waals surface area contributed by atoms with Crippen LogP contribution in [0.3, 0.4) is 0 Å². The van der Waals surface area contributed by atoms with Crippen molar-refractivity contribution in [3.63, 3.8) is 0 Å². The minimum absolute atomic E-state index is 0.373. The van der Waals surface area contributed by atoms with Crippen LogP contribution in [0.15, 0.2) is 56.7 Å². The van der Waals surface area contributed by atoms with Gasteiger partial charge in [0.15, 0.2) is 5.76 Å². The second-order valence-corrected chi connectivity index (χ2v) is 4.87. The van der Waals surface area contributed by atoms with Crippen LogP contribution >= 0.6 is 11.8 Å². The van der Waals surface area contributed by atoms with E-state index in [-0.39, 0.29) is 0 Å². The van der Waals surface area contributed by atoms with E-state index in [9.17, 15) is 0 Å². The first kappa shape index (κ1) is 12.5. The summed E-state index contributed by atoms with van der Waals surface area (Å²) in [5.74, 6) is 1.63. The lowest BCUT2D eigenvalue weighted by molar-refractivity contribution is 0.447. The Balaban J connectivity index is 1.65. The number of nitriles is 1. The molecule has 3 rings (SSSR count). The van der Waals surface area contributed by atoms with Crippen molar-refractivity contribution in [2.24, 2.45) is 0 Å². The smallest absolute Gasteiger partial charge is 0.284 e. The predicted molar refractivity (Wildman–Crippen MR) is 72.7 cm³/mol. The van der Waals surface area contributed by atoms with Gasteiger partial charge < -0.3 is 8.83 Å². The van der Waals surface area contributed by atoms with Crippen LogP contribution in [0.1, 0.15) is 11.1 Å². The molecule has 0 fully saturated rings. The zero-order chi connectivity index (χ0) is 13.8. The van der Waals surface area contributed by atoms with Crippen molar-refractivity contribution in [2.75, 3.05) is 0 Å². The molecule has 0 atom stereocenters. The number of thioether (sulfide) groups is 1. The summed E-state index contributed by atoms with van der Waals surface area (Å²) >= 11 is 1.44. The first-order valence-corrected chi connectivity index (χ1v) is 6.83. The van der Waals surface area contributed by atoms with E-state index in [1.165, 1.54) is 11.8 Å². The third-order valence-electron chi connectivity index (χ3n) is 2.58. The highest BCUT2D eigenvalue weighted by atomic mass is 32.2. The van der Waals surface area contributed by atoms with Crippen molar-refractivity contribution < 1.29 is 8.83 Å². The standard InChI is InChI=1S/C14H9N3O2S/c15-8-10-3-5-11(6-4-10)9-20-14-17-16-13(19-14)12-2-1-7-18-12/h1-7H,9H2. The highest BCUT2D eigenvalue weighted by Crippen LogP contribution is 2.25. The molecule has 0 bridgehead atoms. The van der Waals surface area contributed by atoms with Crippen molar-refractivity contribution in [1.29, 1.82) is 5.26 Å². The lowest BCUT2D eigenvalue weighted by Crippen LogP contribution is -1.81. The van der Waals surface area contributed by atoms with Crippen molar-refractivity contribution >= 4 is 11.8 Å². The summed E-state index contributed by atoms with van der Waals surface area (Å²) in [4.78, 5) is 0. The molecule has 3 aromatic rings. The molecule has 0 saturated heterocycles. The third kappa shape index (κ3) is 2.73. The second kappa shape index (κ2) is 5.63. The van der Waals surface area contributed by atoms with Crippen LogP contribution in [0, 0.1) is 11.3 Å². The first-order valence-electron chi connectivity index (χ1n) is 5.84. The lowest BCUT2D eigenvalue weighted by atomic mass is 10.2. The maximum absolute atomic E-state index is 8.73. The van der Waals surface area contributed by atoms with Gasteiger partial charge in [-0.05, 0) is 29.8 Å². The molecular formula is C14H9N3O2S. The molecule has 1 aromatic carbocycles. The highest BCUT2D eigenvalue weighted by Gasteiger charge is 2.11. The van der Waals surface area contributed by atoms with E-state index in [0.29, 0.717) is 28.2 Å². The van der Waals surface area contributed by atoms with Crippen LogP contribution in [-0.2, 0) is 5.75 Å². The summed E-state index contributed by atoms with van der Waals surface area (Å²) in [5.41, 5.74) is 1.74. The Morgan fingerprint density at radius 1 is 1.15 bits per heavy atom. The van der Waals surface area contributed by atoms with Gasteiger partial charge in [-0.15, -0.1) is 10.2 Å². The minimum Gasteiger partial charge on any atom is -0.459 e. The van der Waals surface area contributed by atoms with Crippen LogP contribution in [0.5, 0.6) is 0 Å². The Hall–Kier alpha value is -2.52. The van der Waals surface area contributed by atoms with E-state index in [2.05, 4.69) is 16.3 Å². The molecule has 5 nitrogen and oxygen atoms in total. The van der Waals surface area contributed by atoms with Crippen LogP contribution in [0.25, 0.3) is 11.7 Å². The average molecular weight is 283 g/mol. The van der Waals surface area contributed by atoms with Gasteiger partial charge in [-0.1, -0.05) is 23.9 Å². The number of hydrogen-bond acceptors (Lipinski definition) is 6. The van der Waals surface area contributed by atoms with Crippen LogP contribution in [0.2, 0.25) is 0 Å². The van der Waals surface area contributed by atoms with E-state index in [0.717, 1.165) is 5.56 Å². The quantitative estimate of drug-likeness (QED) is 0.682. The molecule has 0 aliphatic carbocycles. The van der Waals surface area contributed by atoms with Gasteiger partial charge in [0.2, 0.25) is 0 Å². The molecule has 2 heterocycles. The zero-order valence-electron chi connectivity index (χ0n) is 10.3. The van der Waals surface area contributed by atoms with Gasteiger partial charge >= 0.3 is 0 Å². The maximum Gasteiger partial charge on any atom is 0.284 e. The van der Waals surface area contributed by atoms with Crippen molar-refractivity contribution in [3.8, 4) is 17.7 Å². The van der Waals surface area contributed by atoms with Crippen molar-refractivity contribution in [1.82, 2.24) is 10.2 Å². The van der Waals surface area contributed by atoms with E-state index in [4.69, 9.17) is 14.1 Å². The zero-order valence-corrected chi connectivity index (χ0v) is 11.1. The number of hydrogen-bond donors (Lipinski definition) is 0. The number of furan rings is 1. The van der Waals surface area contributed by atoms with Gasteiger partial charge in [0, 0.05) is 5.75 Å². The predicted octanol–water partition coefficient (Wildman–Crippen LogP) is 3.49. The monoisotopic (exact) mass is 283 g/mol. The summed E-state index contributed by atoms with van der Waals surface area (Å²) in [5, 5.41) is 17.1. The van der Waals surface area contributed by atoms with E-state index >= 15 is 0 Å². The van der Waals surface area contributed by atoms with E-state index in [1.807, 2.05) is 12.1 Å². The molecule has 0 spiro atoms. The fraction of sp³-hybridized carbons (Fsp3) is 0.0714. The van der Waals surface area contributed by atoms with Gasteiger partial charge in [0.1, 0.15) is 0 Å². The first-order chi connectivity index (χ1) is 9.85. The molecule has 98 valence electrons. The molecule has 0 unspecified atom stereocenters. The number of rotatable bonds is 4. The average Bonchev–Trinajstić information content (AvgIpc) is 3.16. The summed E-state index contributed by atoms with van der Waals surface area (Å²) in [6.07, 6.45) is 1.56. The second-order valence-electron chi connectivity index (χ2n) is 3.95. The minimum atomic E-state index is 0.373. The molecule has 0 radical (unpaired) electrons. The largest absolute Gasteiger partial charge is 0.459 e. The van der Waals surface area contributed by atoms with Gasteiger partial charge in [-0.25, -0.2) is 0 Å². The van der Waals surface area contributed by atoms with Gasteiger partial charge in [-0.3, -0.25) is 0 Å². The van der Waals surface area contributed by atoms with E-state index in [1.54, 1.807) is 30.5 Å². The highest BCUT2D eigenvalue weighted by molar-refractivity contribution is 7.98. The topological polar surface area (TPSA) is 75.8 Å². The molecule has 0 aliphatic heterocycles. The van der Waals surface area contributed by atoms with Gasteiger partial charge in [0.05, 0.1) is 17.9 Å². The summed E-state index contributed by atoms with van der Waals surface area (Å²) in [6.45, 7) is 0. The van der Waals surface area contributed by atoms with Crippen molar-refractivity contribution in [3.05, 3.63) is 53.8 Å². The van der Waals surface area contributed by atoms with E-state index < -0.39 is 0 Å². The molecule has 6 heteroatoms. The Labute approximate surface area is 119 Å². The van der Waals surface area contributed by atoms with Crippen molar-refractivity contribution in [2.45, 2.75) is 11.0 Å². The Morgan fingerprint density at radius 2 is 2.00 bits per heavy atom. The summed E-state index contributed by atoms with van der Waals surface area (Å²) in [6, 6.07) is 13.0. The molecule has 20 heavy (non-hydrogen) atoms. The molecule has 0 N–H and O–H groups in total. The fourth-order valence-electron chi connectivity index (χ4n) is 1.59. The van der Waals surface area contributed by atoms with Gasteiger partial charge in [-0.2, -0.15) is 5.26 Å². The van der Waals surface area contributed by atoms with Crippen LogP contribution < -0.4 is 0 Å². The molecule has 0 saturated carbocycles. The third-order valence-corrected chi connectivity index (χ3v) is 3.47. The van der Waals surface area contributed by atoms with Crippen LogP contribution in [0.4, 0.5) is 0 Å². The fourth-order valence-corrected chi connectivity index (χ4v) is 2.31. The number of aromatic nitrogens is 2. The molecule has 0 aliphatic rings.